The smallest absolute Gasteiger partial charge is 0.320 e. The number of fused-ring (bicyclic) bond motifs is 1. The largest absolute Gasteiger partial charge is 0.460 e. The molecule has 4 rings (SSSR count). The van der Waals surface area contributed by atoms with E-state index < -0.39 is 0 Å². The lowest BCUT2D eigenvalue weighted by molar-refractivity contribution is -0.117. The third-order valence-electron chi connectivity index (χ3n) is 7.71. The van der Waals surface area contributed by atoms with Gasteiger partial charge in [0, 0.05) is 24.7 Å². The third-order valence-corrected chi connectivity index (χ3v) is 7.71. The average Bonchev–Trinajstić information content (AvgIpc) is 3.43. The number of carbonyl (C=O) groups is 1. The maximum absolute atomic E-state index is 11.3. The Kier molecular flexibility index (Phi) is 16.0. The molecule has 2 aromatic heterocycles. The number of allylic oxidation sites excluding steroid dienone is 2. The number of nitrogens with one attached hydrogen (secondary N) is 1. The number of amides is 1. The van der Waals surface area contributed by atoms with E-state index in [0.29, 0.717) is 18.3 Å². The van der Waals surface area contributed by atoms with Gasteiger partial charge in [-0.15, -0.1) is 6.58 Å². The van der Waals surface area contributed by atoms with Gasteiger partial charge in [0.15, 0.2) is 5.65 Å². The summed E-state index contributed by atoms with van der Waals surface area (Å²) >= 11 is 0. The third kappa shape index (κ3) is 11.7. The minimum Gasteiger partial charge on any atom is -0.460 e. The Balaban J connectivity index is 0.000000277. The van der Waals surface area contributed by atoms with Crippen molar-refractivity contribution in [3.8, 4) is 6.01 Å². The van der Waals surface area contributed by atoms with Crippen LogP contribution in [0.15, 0.2) is 50.0 Å². The van der Waals surface area contributed by atoms with E-state index >= 15 is 0 Å². The number of rotatable bonds is 11. The van der Waals surface area contributed by atoms with Crippen molar-refractivity contribution in [2.45, 2.75) is 95.8 Å². The molecule has 234 valence electrons. The van der Waals surface area contributed by atoms with Crippen molar-refractivity contribution in [2.24, 2.45) is 11.7 Å². The van der Waals surface area contributed by atoms with E-state index in [1.807, 2.05) is 12.3 Å². The Labute approximate surface area is 252 Å². The van der Waals surface area contributed by atoms with E-state index in [1.165, 1.54) is 13.1 Å². The summed E-state index contributed by atoms with van der Waals surface area (Å²) in [7, 11) is 3.64. The number of unbranched alkanes of at least 4 members (excludes halogenated alkanes) is 1. The maximum atomic E-state index is 11.3. The first-order valence-electron chi connectivity index (χ1n) is 15.3. The van der Waals surface area contributed by atoms with Crippen molar-refractivity contribution in [1.29, 1.82) is 0 Å². The monoisotopic (exact) mass is 583 g/mol. The standard InChI is InChI=1S/C17H27NO2.C14H21N5O.CH5N/c1-3-5-6-7-8-12-16(19)14-10-9-11-15(13-14)18-17(20)4-2;1-10(2)12-8-16-19-9-15-14(17-13(12)19)20-11-4-6-18(3)7-5-11;1-2/h3-4,7-8,14-16,19H,1-2,5-6,9-13H2,(H,18,20);8-11H,4-7H2,1-3H3;2H2,1H3/b8-7+;;. The molecule has 1 saturated heterocycles. The Bertz CT molecular complexity index is 1110. The molecule has 3 unspecified atom stereocenters. The van der Waals surface area contributed by atoms with E-state index in [9.17, 15) is 9.90 Å². The van der Waals surface area contributed by atoms with Crippen LogP contribution in [0.4, 0.5) is 0 Å². The van der Waals surface area contributed by atoms with Crippen LogP contribution in [0.2, 0.25) is 0 Å². The highest BCUT2D eigenvalue weighted by molar-refractivity contribution is 5.87. The van der Waals surface area contributed by atoms with Crippen LogP contribution in [0.25, 0.3) is 5.65 Å². The van der Waals surface area contributed by atoms with Crippen molar-refractivity contribution in [3.63, 3.8) is 0 Å². The molecule has 3 atom stereocenters. The predicted octanol–water partition coefficient (Wildman–Crippen LogP) is 4.42. The molecule has 0 bridgehead atoms. The summed E-state index contributed by atoms with van der Waals surface area (Å²) in [6.45, 7) is 13.6. The molecule has 0 radical (unpaired) electrons. The fourth-order valence-electron chi connectivity index (χ4n) is 5.24. The number of aromatic nitrogens is 4. The minimum atomic E-state index is -0.307. The Morgan fingerprint density at radius 3 is 2.60 bits per heavy atom. The number of nitrogens with zero attached hydrogens (tertiary/aromatic N) is 5. The second-order valence-electron chi connectivity index (χ2n) is 11.3. The van der Waals surface area contributed by atoms with Gasteiger partial charge >= 0.3 is 6.01 Å². The van der Waals surface area contributed by atoms with Crippen LogP contribution in [-0.2, 0) is 4.79 Å². The highest BCUT2D eigenvalue weighted by atomic mass is 16.5. The zero-order valence-corrected chi connectivity index (χ0v) is 26.1. The maximum Gasteiger partial charge on any atom is 0.320 e. The molecule has 10 nitrogen and oxygen atoms in total. The molecular formula is C32H53N7O3. The van der Waals surface area contributed by atoms with E-state index in [2.05, 4.69) is 77.2 Å². The summed E-state index contributed by atoms with van der Waals surface area (Å²) in [6, 6.07) is 0.646. The number of hydrogen-bond acceptors (Lipinski definition) is 8. The van der Waals surface area contributed by atoms with Gasteiger partial charge in [0.05, 0.1) is 12.3 Å². The van der Waals surface area contributed by atoms with Crippen LogP contribution in [0, 0.1) is 5.92 Å². The van der Waals surface area contributed by atoms with Crippen molar-refractivity contribution >= 4 is 11.6 Å². The number of nitrogens with two attached hydrogens (primary N) is 1. The zero-order valence-electron chi connectivity index (χ0n) is 26.1. The molecule has 1 amide bonds. The highest BCUT2D eigenvalue weighted by Gasteiger charge is 2.27. The number of aliphatic hydroxyl groups excluding tert-OH is 1. The van der Waals surface area contributed by atoms with Gasteiger partial charge in [-0.3, -0.25) is 4.79 Å². The summed E-state index contributed by atoms with van der Waals surface area (Å²) in [5.74, 6) is 0.552. The van der Waals surface area contributed by atoms with Crippen molar-refractivity contribution < 1.29 is 14.6 Å². The van der Waals surface area contributed by atoms with Crippen LogP contribution < -0.4 is 15.8 Å². The van der Waals surface area contributed by atoms with Gasteiger partial charge in [-0.1, -0.05) is 45.1 Å². The van der Waals surface area contributed by atoms with E-state index in [0.717, 1.165) is 75.7 Å². The van der Waals surface area contributed by atoms with Crippen molar-refractivity contribution in [1.82, 2.24) is 29.8 Å². The van der Waals surface area contributed by atoms with E-state index in [4.69, 9.17) is 4.74 Å². The van der Waals surface area contributed by atoms with Crippen molar-refractivity contribution in [3.05, 3.63) is 55.5 Å². The predicted molar refractivity (Wildman–Crippen MR) is 169 cm³/mol. The van der Waals surface area contributed by atoms with Crippen LogP contribution >= 0.6 is 0 Å². The van der Waals surface area contributed by atoms with Crippen LogP contribution in [0.5, 0.6) is 6.01 Å². The topological polar surface area (TPSA) is 131 Å². The summed E-state index contributed by atoms with van der Waals surface area (Å²) in [6.07, 6.45) is 19.5. The molecule has 3 heterocycles. The first-order valence-corrected chi connectivity index (χ1v) is 15.3. The first kappa shape index (κ1) is 35.1. The SMILES string of the molecule is C=CCC/C=C/CC(O)C1CCCC(NC(=O)C=C)C1.CC(C)c1cnn2cnc(OC3CCN(C)CC3)nc12.CN. The second kappa shape index (κ2) is 19.2. The normalized spacial score (nSPS) is 20.3. The molecule has 1 aliphatic heterocycles. The molecule has 42 heavy (non-hydrogen) atoms. The molecule has 1 saturated carbocycles. The van der Waals surface area contributed by atoms with Gasteiger partial charge in [-0.2, -0.15) is 15.1 Å². The molecule has 2 fully saturated rings. The quantitative estimate of drug-likeness (QED) is 0.201. The first-order chi connectivity index (χ1) is 20.3. The Hall–Kier alpha value is -3.08. The molecule has 2 aromatic rings. The van der Waals surface area contributed by atoms with Crippen LogP contribution in [0.3, 0.4) is 0 Å². The minimum absolute atomic E-state index is 0.116. The van der Waals surface area contributed by atoms with Crippen LogP contribution in [-0.4, -0.2) is 80.9 Å². The zero-order chi connectivity index (χ0) is 30.9. The van der Waals surface area contributed by atoms with Gasteiger partial charge in [-0.05, 0) is 83.4 Å². The number of aliphatic hydroxyl groups is 1. The molecule has 2 aliphatic rings. The van der Waals surface area contributed by atoms with Gasteiger partial charge in [-0.25, -0.2) is 4.52 Å². The van der Waals surface area contributed by atoms with Gasteiger partial charge in [0.2, 0.25) is 5.91 Å². The summed E-state index contributed by atoms with van der Waals surface area (Å²) in [5.41, 5.74) is 6.47. The number of hydrogen-bond donors (Lipinski definition) is 3. The summed E-state index contributed by atoms with van der Waals surface area (Å²) in [4.78, 5) is 22.4. The molecule has 4 N–H and O–H groups in total. The number of piperidine rings is 1. The van der Waals surface area contributed by atoms with Gasteiger partial charge in [0.25, 0.3) is 0 Å². The van der Waals surface area contributed by atoms with Crippen LogP contribution in [0.1, 0.15) is 83.1 Å². The van der Waals surface area contributed by atoms with Gasteiger partial charge < -0.3 is 25.8 Å². The lowest BCUT2D eigenvalue weighted by atomic mass is 9.81. The summed E-state index contributed by atoms with van der Waals surface area (Å²) < 4.78 is 7.63. The van der Waals surface area contributed by atoms with Gasteiger partial charge in [0.1, 0.15) is 12.4 Å². The molecule has 0 spiro atoms. The Morgan fingerprint density at radius 1 is 1.19 bits per heavy atom. The number of likely N-dealkylation sites (tertiary alicyclic amines) is 1. The average molecular weight is 584 g/mol. The number of ether oxygens (including phenoxy) is 1. The Morgan fingerprint density at radius 2 is 1.93 bits per heavy atom. The van der Waals surface area contributed by atoms with E-state index in [-0.39, 0.29) is 30.1 Å². The lowest BCUT2D eigenvalue weighted by Crippen LogP contribution is -2.40. The molecule has 0 aromatic carbocycles. The number of carbonyl (C=O) groups excluding carboxylic acids is 1. The fraction of sp³-hybridized carbons (Fsp3) is 0.625. The second-order valence-corrected chi connectivity index (χ2v) is 11.3. The fourth-order valence-corrected chi connectivity index (χ4v) is 5.24. The molecule has 1 aliphatic carbocycles. The highest BCUT2D eigenvalue weighted by Crippen LogP contribution is 2.28. The molecular weight excluding hydrogens is 530 g/mol. The van der Waals surface area contributed by atoms with E-state index in [1.54, 1.807) is 10.8 Å². The summed E-state index contributed by atoms with van der Waals surface area (Å²) in [5, 5.41) is 17.4. The lowest BCUT2D eigenvalue weighted by Gasteiger charge is -2.32. The molecule has 10 heteroatoms. The van der Waals surface area contributed by atoms with Crippen molar-refractivity contribution in [2.75, 3.05) is 27.2 Å².